The Balaban J connectivity index is 2.04. The first-order valence-electron chi connectivity index (χ1n) is 5.75. The number of benzene rings is 1. The Labute approximate surface area is 96.8 Å². The van der Waals surface area contributed by atoms with Crippen LogP contribution in [0.25, 0.3) is 0 Å². The topological polar surface area (TPSA) is 30.5 Å². The number of ether oxygens (including phenoxy) is 2. The van der Waals surface area contributed by atoms with Crippen LogP contribution in [0.15, 0.2) is 18.2 Å². The van der Waals surface area contributed by atoms with Crippen molar-refractivity contribution in [2.24, 2.45) is 0 Å². The van der Waals surface area contributed by atoms with E-state index in [1.54, 1.807) is 7.11 Å². The minimum Gasteiger partial charge on any atom is -0.467 e. The van der Waals surface area contributed by atoms with Gasteiger partial charge < -0.3 is 14.8 Å². The second-order valence-electron chi connectivity index (χ2n) is 4.27. The first kappa shape index (κ1) is 11.4. The van der Waals surface area contributed by atoms with Crippen LogP contribution in [-0.2, 0) is 11.3 Å². The summed E-state index contributed by atoms with van der Waals surface area (Å²) in [5, 5.41) is 3.50. The van der Waals surface area contributed by atoms with Gasteiger partial charge >= 0.3 is 0 Å². The summed E-state index contributed by atoms with van der Waals surface area (Å²) >= 11 is 0. The summed E-state index contributed by atoms with van der Waals surface area (Å²) in [6, 6.07) is 6.95. The van der Waals surface area contributed by atoms with Crippen molar-refractivity contribution in [1.82, 2.24) is 5.32 Å². The van der Waals surface area contributed by atoms with E-state index in [0.717, 1.165) is 23.9 Å². The third kappa shape index (κ3) is 2.97. The molecule has 0 unspecified atom stereocenters. The molecule has 2 rings (SSSR count). The molecule has 1 aliphatic rings. The molecule has 0 atom stereocenters. The molecule has 1 aliphatic carbocycles. The number of hydrogen-bond donors (Lipinski definition) is 1. The van der Waals surface area contributed by atoms with E-state index < -0.39 is 0 Å². The van der Waals surface area contributed by atoms with Crippen molar-refractivity contribution in [3.63, 3.8) is 0 Å². The lowest BCUT2D eigenvalue weighted by Gasteiger charge is -2.13. The number of methoxy groups -OCH3 is 1. The van der Waals surface area contributed by atoms with E-state index in [0.29, 0.717) is 6.79 Å². The summed E-state index contributed by atoms with van der Waals surface area (Å²) in [7, 11) is 1.64. The highest BCUT2D eigenvalue weighted by molar-refractivity contribution is 5.40. The Kier molecular flexibility index (Phi) is 3.80. The molecular formula is C13H19NO2. The van der Waals surface area contributed by atoms with Crippen molar-refractivity contribution in [2.45, 2.75) is 32.4 Å². The summed E-state index contributed by atoms with van der Waals surface area (Å²) in [4.78, 5) is 0. The molecule has 3 heteroatoms. The lowest BCUT2D eigenvalue weighted by atomic mass is 10.1. The van der Waals surface area contributed by atoms with Gasteiger partial charge in [-0.05, 0) is 25.3 Å². The van der Waals surface area contributed by atoms with Crippen LogP contribution in [-0.4, -0.2) is 19.9 Å². The second kappa shape index (κ2) is 5.32. The molecule has 0 radical (unpaired) electrons. The Morgan fingerprint density at radius 1 is 1.38 bits per heavy atom. The van der Waals surface area contributed by atoms with Gasteiger partial charge in [0.2, 0.25) is 0 Å². The minimum atomic E-state index is 0.307. The fourth-order valence-electron chi connectivity index (χ4n) is 1.72. The molecule has 0 aromatic heterocycles. The van der Waals surface area contributed by atoms with Gasteiger partial charge in [-0.3, -0.25) is 0 Å². The molecule has 1 saturated carbocycles. The fraction of sp³-hybridized carbons (Fsp3) is 0.538. The number of aryl methyl sites for hydroxylation is 1. The van der Waals surface area contributed by atoms with Crippen LogP contribution in [0.2, 0.25) is 0 Å². The van der Waals surface area contributed by atoms with Crippen molar-refractivity contribution in [2.75, 3.05) is 13.9 Å². The number of para-hydroxylation sites is 1. The first-order valence-corrected chi connectivity index (χ1v) is 5.75. The van der Waals surface area contributed by atoms with E-state index in [9.17, 15) is 0 Å². The second-order valence-corrected chi connectivity index (χ2v) is 4.27. The average molecular weight is 221 g/mol. The average Bonchev–Trinajstić information content (AvgIpc) is 3.09. The fourth-order valence-corrected chi connectivity index (χ4v) is 1.72. The van der Waals surface area contributed by atoms with Gasteiger partial charge in [-0.15, -0.1) is 0 Å². The van der Waals surface area contributed by atoms with Crippen molar-refractivity contribution >= 4 is 0 Å². The van der Waals surface area contributed by atoms with Crippen molar-refractivity contribution < 1.29 is 9.47 Å². The van der Waals surface area contributed by atoms with Crippen LogP contribution in [0.4, 0.5) is 0 Å². The summed E-state index contributed by atoms with van der Waals surface area (Å²) < 4.78 is 10.6. The van der Waals surface area contributed by atoms with E-state index in [2.05, 4.69) is 30.4 Å². The van der Waals surface area contributed by atoms with Gasteiger partial charge in [0, 0.05) is 25.3 Å². The van der Waals surface area contributed by atoms with E-state index >= 15 is 0 Å². The lowest BCUT2D eigenvalue weighted by molar-refractivity contribution is 0.0498. The van der Waals surface area contributed by atoms with Crippen LogP contribution < -0.4 is 10.1 Å². The number of nitrogens with one attached hydrogen (secondary N) is 1. The molecule has 0 aliphatic heterocycles. The summed E-state index contributed by atoms with van der Waals surface area (Å²) in [6.45, 7) is 3.25. The maximum absolute atomic E-state index is 5.61. The van der Waals surface area contributed by atoms with Crippen LogP contribution in [0, 0.1) is 6.92 Å². The van der Waals surface area contributed by atoms with Crippen LogP contribution in [0.1, 0.15) is 24.0 Å². The van der Waals surface area contributed by atoms with E-state index in [-0.39, 0.29) is 0 Å². The monoisotopic (exact) mass is 221 g/mol. The van der Waals surface area contributed by atoms with E-state index in [1.807, 2.05) is 0 Å². The normalized spacial score (nSPS) is 15.1. The van der Waals surface area contributed by atoms with Crippen LogP contribution in [0.3, 0.4) is 0 Å². The first-order chi connectivity index (χ1) is 7.81. The van der Waals surface area contributed by atoms with Gasteiger partial charge in [-0.2, -0.15) is 0 Å². The smallest absolute Gasteiger partial charge is 0.188 e. The highest BCUT2D eigenvalue weighted by atomic mass is 16.7. The lowest BCUT2D eigenvalue weighted by Crippen LogP contribution is -2.16. The molecule has 0 saturated heterocycles. The van der Waals surface area contributed by atoms with Gasteiger partial charge in [0.1, 0.15) is 5.75 Å². The van der Waals surface area contributed by atoms with Gasteiger partial charge in [0.15, 0.2) is 6.79 Å². The number of hydrogen-bond acceptors (Lipinski definition) is 3. The zero-order valence-electron chi connectivity index (χ0n) is 9.95. The highest BCUT2D eigenvalue weighted by Gasteiger charge is 2.20. The molecule has 0 spiro atoms. The molecule has 88 valence electrons. The molecule has 0 amide bonds. The molecule has 16 heavy (non-hydrogen) atoms. The van der Waals surface area contributed by atoms with E-state index in [1.165, 1.54) is 18.4 Å². The molecule has 1 N–H and O–H groups in total. The summed E-state index contributed by atoms with van der Waals surface area (Å²) in [5.74, 6) is 0.956. The molecule has 1 aromatic carbocycles. The maximum Gasteiger partial charge on any atom is 0.188 e. The maximum atomic E-state index is 5.61. The Bertz CT molecular complexity index is 348. The summed E-state index contributed by atoms with van der Waals surface area (Å²) in [6.07, 6.45) is 2.61. The zero-order chi connectivity index (χ0) is 11.4. The minimum absolute atomic E-state index is 0.307. The Morgan fingerprint density at radius 2 is 2.19 bits per heavy atom. The highest BCUT2D eigenvalue weighted by Crippen LogP contribution is 2.25. The Morgan fingerprint density at radius 3 is 2.88 bits per heavy atom. The standard InChI is InChI=1S/C13H19NO2/c1-10-4-3-5-11(8-14-12-6-7-12)13(10)16-9-15-2/h3-5,12,14H,6-9H2,1-2H3. The predicted octanol–water partition coefficient (Wildman–Crippen LogP) is 2.23. The van der Waals surface area contributed by atoms with Gasteiger partial charge in [0.05, 0.1) is 0 Å². The molecule has 3 nitrogen and oxygen atoms in total. The van der Waals surface area contributed by atoms with E-state index in [4.69, 9.17) is 9.47 Å². The van der Waals surface area contributed by atoms with Crippen LogP contribution >= 0.6 is 0 Å². The molecule has 1 fully saturated rings. The van der Waals surface area contributed by atoms with Gasteiger partial charge in [0.25, 0.3) is 0 Å². The zero-order valence-corrected chi connectivity index (χ0v) is 9.95. The molecular weight excluding hydrogens is 202 g/mol. The largest absolute Gasteiger partial charge is 0.467 e. The van der Waals surface area contributed by atoms with Gasteiger partial charge in [-0.25, -0.2) is 0 Å². The van der Waals surface area contributed by atoms with Crippen molar-refractivity contribution in [3.05, 3.63) is 29.3 Å². The van der Waals surface area contributed by atoms with Crippen LogP contribution in [0.5, 0.6) is 5.75 Å². The molecule has 0 bridgehead atoms. The third-order valence-electron chi connectivity index (χ3n) is 2.77. The van der Waals surface area contributed by atoms with Crippen molar-refractivity contribution in [3.8, 4) is 5.75 Å². The number of rotatable bonds is 6. The molecule has 0 heterocycles. The quantitative estimate of drug-likeness (QED) is 0.747. The van der Waals surface area contributed by atoms with Gasteiger partial charge in [-0.1, -0.05) is 18.2 Å². The predicted molar refractivity (Wildman–Crippen MR) is 63.5 cm³/mol. The Hall–Kier alpha value is -1.06. The molecule has 1 aromatic rings. The third-order valence-corrected chi connectivity index (χ3v) is 2.77. The SMILES string of the molecule is COCOc1c(C)cccc1CNC1CC1. The summed E-state index contributed by atoms with van der Waals surface area (Å²) in [5.41, 5.74) is 2.37. The van der Waals surface area contributed by atoms with Crippen molar-refractivity contribution in [1.29, 1.82) is 0 Å².